The number of halogens is 1. The molecule has 0 saturated carbocycles. The van der Waals surface area contributed by atoms with E-state index in [1.54, 1.807) is 5.01 Å². The van der Waals surface area contributed by atoms with E-state index < -0.39 is 34.4 Å². The van der Waals surface area contributed by atoms with Gasteiger partial charge in [-0.05, 0) is 46.9 Å². The summed E-state index contributed by atoms with van der Waals surface area (Å²) >= 11 is 3.46. The highest BCUT2D eigenvalue weighted by Crippen LogP contribution is 2.23. The van der Waals surface area contributed by atoms with Crippen LogP contribution in [0, 0.1) is 10.8 Å². The third kappa shape index (κ3) is 10.5. The molecule has 0 radical (unpaired) electrons. The van der Waals surface area contributed by atoms with E-state index in [-0.39, 0.29) is 31.2 Å². The van der Waals surface area contributed by atoms with E-state index in [1.807, 2.05) is 96.1 Å². The Morgan fingerprint density at radius 2 is 1.46 bits per heavy atom. The average molecular weight is 632 g/mol. The van der Waals surface area contributed by atoms with Gasteiger partial charge in [0.1, 0.15) is 11.6 Å². The van der Waals surface area contributed by atoms with E-state index in [0.29, 0.717) is 6.54 Å². The summed E-state index contributed by atoms with van der Waals surface area (Å²) < 4.78 is 0.941. The summed E-state index contributed by atoms with van der Waals surface area (Å²) in [5.41, 5.74) is 15.6. The third-order valence-electron chi connectivity index (χ3n) is 7.06. The van der Waals surface area contributed by atoms with E-state index in [4.69, 9.17) is 11.5 Å². The molecule has 10 heteroatoms. The van der Waals surface area contributed by atoms with Crippen LogP contribution in [0.15, 0.2) is 59.1 Å². The summed E-state index contributed by atoms with van der Waals surface area (Å²) in [6.45, 7) is 12.0. The fourth-order valence-electron chi connectivity index (χ4n) is 4.27. The number of hydrogen-bond donors (Lipinski definition) is 5. The SMILES string of the molecule is CNC(=O)[C@@H](NC(=O)C(N)(CCN(Cc1ccc(Br)cc1)NC(=O)[C@@H](N)C(C)(C)C)Cc1ccccc1)C(C)(C)C. The van der Waals surface area contributed by atoms with E-state index in [2.05, 4.69) is 32.0 Å². The van der Waals surface area contributed by atoms with Crippen molar-refractivity contribution in [2.24, 2.45) is 22.3 Å². The van der Waals surface area contributed by atoms with Gasteiger partial charge in [0.2, 0.25) is 11.8 Å². The van der Waals surface area contributed by atoms with Gasteiger partial charge in [0.05, 0.1) is 6.04 Å². The van der Waals surface area contributed by atoms with Crippen molar-refractivity contribution < 1.29 is 14.4 Å². The summed E-state index contributed by atoms with van der Waals surface area (Å²) in [7, 11) is 1.54. The number of hydrogen-bond acceptors (Lipinski definition) is 6. The summed E-state index contributed by atoms with van der Waals surface area (Å²) in [5, 5.41) is 7.31. The summed E-state index contributed by atoms with van der Waals surface area (Å²) in [6, 6.07) is 15.7. The lowest BCUT2D eigenvalue weighted by Crippen LogP contribution is -2.63. The first-order chi connectivity index (χ1) is 19.0. The lowest BCUT2D eigenvalue weighted by Gasteiger charge is -2.36. The summed E-state index contributed by atoms with van der Waals surface area (Å²) in [6.07, 6.45) is 0.436. The number of nitrogens with zero attached hydrogens (tertiary/aromatic N) is 1. The molecule has 41 heavy (non-hydrogen) atoms. The zero-order valence-corrected chi connectivity index (χ0v) is 27.0. The van der Waals surface area contributed by atoms with Crippen molar-refractivity contribution >= 4 is 33.7 Å². The largest absolute Gasteiger partial charge is 0.357 e. The lowest BCUT2D eigenvalue weighted by molar-refractivity contribution is -0.134. The second kappa shape index (κ2) is 14.4. The van der Waals surface area contributed by atoms with Gasteiger partial charge in [-0.25, -0.2) is 5.01 Å². The molecule has 2 aromatic carbocycles. The van der Waals surface area contributed by atoms with Crippen LogP contribution in [0.1, 0.15) is 59.1 Å². The smallest absolute Gasteiger partial charge is 0.251 e. The molecule has 7 N–H and O–H groups in total. The van der Waals surface area contributed by atoms with Crippen LogP contribution < -0.4 is 27.5 Å². The fourth-order valence-corrected chi connectivity index (χ4v) is 4.54. The van der Waals surface area contributed by atoms with Crippen LogP contribution in [0.5, 0.6) is 0 Å². The van der Waals surface area contributed by atoms with E-state index in [9.17, 15) is 14.4 Å². The van der Waals surface area contributed by atoms with Gasteiger partial charge < -0.3 is 22.1 Å². The minimum atomic E-state index is -1.38. The number of carbonyl (C=O) groups is 3. The molecule has 0 bridgehead atoms. The minimum absolute atomic E-state index is 0.194. The van der Waals surface area contributed by atoms with Crippen LogP contribution in [0.2, 0.25) is 0 Å². The predicted octanol–water partition coefficient (Wildman–Crippen LogP) is 3.26. The Morgan fingerprint density at radius 3 is 1.98 bits per heavy atom. The van der Waals surface area contributed by atoms with Crippen molar-refractivity contribution in [3.63, 3.8) is 0 Å². The van der Waals surface area contributed by atoms with Gasteiger partial charge in [0.25, 0.3) is 5.91 Å². The quantitative estimate of drug-likeness (QED) is 0.228. The first-order valence-corrected chi connectivity index (χ1v) is 14.7. The van der Waals surface area contributed by atoms with Crippen LogP contribution in [0.25, 0.3) is 0 Å². The molecule has 0 fully saturated rings. The molecule has 0 heterocycles. The molecule has 9 nitrogen and oxygen atoms in total. The Bertz CT molecular complexity index is 1160. The van der Waals surface area contributed by atoms with Crippen molar-refractivity contribution in [2.45, 2.75) is 78.6 Å². The third-order valence-corrected chi connectivity index (χ3v) is 7.59. The van der Waals surface area contributed by atoms with Crippen LogP contribution in [0.4, 0.5) is 0 Å². The van der Waals surface area contributed by atoms with E-state index in [1.165, 1.54) is 7.05 Å². The number of nitrogens with one attached hydrogen (secondary N) is 3. The lowest BCUT2D eigenvalue weighted by atomic mass is 9.83. The van der Waals surface area contributed by atoms with Crippen molar-refractivity contribution in [2.75, 3.05) is 13.6 Å². The second-order valence-electron chi connectivity index (χ2n) is 12.8. The average Bonchev–Trinajstić information content (AvgIpc) is 2.89. The molecular formula is C31H47BrN6O3. The predicted molar refractivity (Wildman–Crippen MR) is 167 cm³/mol. The Kier molecular flexibility index (Phi) is 12.1. The molecule has 0 saturated heterocycles. The van der Waals surface area contributed by atoms with Gasteiger partial charge in [-0.2, -0.15) is 0 Å². The maximum absolute atomic E-state index is 13.9. The molecule has 0 aliphatic carbocycles. The molecule has 2 aromatic rings. The Balaban J connectivity index is 2.38. The topological polar surface area (TPSA) is 143 Å². The van der Waals surface area contributed by atoms with Crippen LogP contribution in [-0.2, 0) is 27.3 Å². The second-order valence-corrected chi connectivity index (χ2v) is 13.7. The molecule has 226 valence electrons. The molecule has 3 atom stereocenters. The van der Waals surface area contributed by atoms with Gasteiger partial charge >= 0.3 is 0 Å². The first-order valence-electron chi connectivity index (χ1n) is 13.9. The van der Waals surface area contributed by atoms with Crippen LogP contribution in [-0.4, -0.2) is 53.9 Å². The minimum Gasteiger partial charge on any atom is -0.357 e. The van der Waals surface area contributed by atoms with E-state index in [0.717, 1.165) is 15.6 Å². The van der Waals surface area contributed by atoms with Gasteiger partial charge in [0, 0.05) is 24.6 Å². The van der Waals surface area contributed by atoms with Crippen molar-refractivity contribution in [3.05, 3.63) is 70.2 Å². The molecule has 0 aromatic heterocycles. The summed E-state index contributed by atoms with van der Waals surface area (Å²) in [5.74, 6) is -1.06. The van der Waals surface area contributed by atoms with Crippen LogP contribution in [0.3, 0.4) is 0 Å². The number of hydrazine groups is 1. The van der Waals surface area contributed by atoms with Gasteiger partial charge in [-0.15, -0.1) is 0 Å². The van der Waals surface area contributed by atoms with Crippen molar-refractivity contribution in [1.82, 2.24) is 21.1 Å². The molecule has 1 unspecified atom stereocenters. The maximum Gasteiger partial charge on any atom is 0.251 e. The molecule has 0 spiro atoms. The van der Waals surface area contributed by atoms with Crippen molar-refractivity contribution in [1.29, 1.82) is 0 Å². The Labute approximate surface area is 253 Å². The van der Waals surface area contributed by atoms with E-state index >= 15 is 0 Å². The van der Waals surface area contributed by atoms with Crippen LogP contribution >= 0.6 is 15.9 Å². The first kappa shape index (κ1) is 34.4. The highest BCUT2D eigenvalue weighted by molar-refractivity contribution is 9.10. The Hall–Kier alpha value is -2.79. The zero-order chi connectivity index (χ0) is 31.0. The fraction of sp³-hybridized carbons (Fsp3) is 0.516. The molecule has 2 rings (SSSR count). The number of likely N-dealkylation sites (N-methyl/N-ethyl adjacent to an activating group) is 1. The highest BCUT2D eigenvalue weighted by Gasteiger charge is 2.40. The number of amides is 3. The number of benzene rings is 2. The van der Waals surface area contributed by atoms with Crippen molar-refractivity contribution in [3.8, 4) is 0 Å². The molecule has 3 amide bonds. The van der Waals surface area contributed by atoms with Gasteiger partial charge in [-0.3, -0.25) is 19.8 Å². The van der Waals surface area contributed by atoms with Gasteiger partial charge in [0.15, 0.2) is 0 Å². The normalized spacial score (nSPS) is 15.0. The Morgan fingerprint density at radius 1 is 0.878 bits per heavy atom. The number of nitrogens with two attached hydrogens (primary N) is 2. The maximum atomic E-state index is 13.9. The zero-order valence-electron chi connectivity index (χ0n) is 25.4. The number of carbonyl (C=O) groups excluding carboxylic acids is 3. The molecular weight excluding hydrogens is 584 g/mol. The van der Waals surface area contributed by atoms with Gasteiger partial charge in [-0.1, -0.05) is 99.9 Å². The molecule has 0 aliphatic rings. The summed E-state index contributed by atoms with van der Waals surface area (Å²) in [4.78, 5) is 39.7. The highest BCUT2D eigenvalue weighted by atomic mass is 79.9. The number of rotatable bonds is 12. The standard InChI is InChI=1S/C31H47BrN6O3/c1-29(2,3)24(33)26(39)37-38(20-22-13-15-23(32)16-14-22)18-17-31(34,19-21-11-9-8-10-12-21)28(41)36-25(27(40)35-7)30(4,5)6/h8-16,24-25H,17-20,33-34H2,1-7H3,(H,35,40)(H,36,41)(H,37,39)/t24-,25-,31?/m1/s1. The molecule has 0 aliphatic heterocycles. The monoisotopic (exact) mass is 630 g/mol.